The number of aromatic nitrogens is 2. The molecule has 1 aromatic heterocycles. The smallest absolute Gasteiger partial charge is 0.272 e. The number of rotatable bonds is 6. The van der Waals surface area contributed by atoms with E-state index in [0.29, 0.717) is 46.6 Å². The zero-order valence-corrected chi connectivity index (χ0v) is 22.0. The molecular formula is C25H34ClN7O2. The average Bonchev–Trinajstić information content (AvgIpc) is 3.02. The van der Waals surface area contributed by atoms with Gasteiger partial charge >= 0.3 is 0 Å². The van der Waals surface area contributed by atoms with E-state index in [2.05, 4.69) is 37.3 Å². The average molecular weight is 500 g/mol. The molecule has 0 bridgehead atoms. The molecule has 0 atom stereocenters. The van der Waals surface area contributed by atoms with Crippen LogP contribution in [0.15, 0.2) is 29.8 Å². The van der Waals surface area contributed by atoms with Crippen LogP contribution in [0.5, 0.6) is 0 Å². The fraction of sp³-hybridized carbons (Fsp3) is 0.440. The van der Waals surface area contributed by atoms with Gasteiger partial charge in [0, 0.05) is 43.5 Å². The zero-order chi connectivity index (χ0) is 26.2. The molecule has 1 aliphatic heterocycles. The first kappa shape index (κ1) is 26.3. The number of aryl methyl sites for hydroxylation is 1. The predicted octanol–water partition coefficient (Wildman–Crippen LogP) is 2.64. The van der Waals surface area contributed by atoms with Crippen LogP contribution in [0.3, 0.4) is 0 Å². The molecule has 1 aromatic carbocycles. The lowest BCUT2D eigenvalue weighted by Gasteiger charge is -2.43. The Morgan fingerprint density at radius 1 is 1.34 bits per heavy atom. The second kappa shape index (κ2) is 9.73. The van der Waals surface area contributed by atoms with E-state index in [1.807, 2.05) is 6.07 Å². The molecule has 2 aromatic rings. The quantitative estimate of drug-likeness (QED) is 0.274. The van der Waals surface area contributed by atoms with Crippen LogP contribution in [0.1, 0.15) is 53.9 Å². The van der Waals surface area contributed by atoms with Crippen LogP contribution in [-0.4, -0.2) is 63.2 Å². The number of amides is 2. The summed E-state index contributed by atoms with van der Waals surface area (Å²) in [5.41, 5.74) is 15.4. The van der Waals surface area contributed by atoms with Crippen molar-refractivity contribution in [3.8, 4) is 0 Å². The second-order valence-electron chi connectivity index (χ2n) is 9.91. The summed E-state index contributed by atoms with van der Waals surface area (Å²) in [7, 11) is 3.50. The highest BCUT2D eigenvalue weighted by Gasteiger charge is 2.37. The molecule has 0 spiro atoms. The number of aliphatic imine (C=N–C) groups is 1. The van der Waals surface area contributed by atoms with Gasteiger partial charge in [0.2, 0.25) is 5.91 Å². The highest BCUT2D eigenvalue weighted by atomic mass is 35.5. The number of benzene rings is 1. The van der Waals surface area contributed by atoms with E-state index in [1.165, 1.54) is 6.08 Å². The fourth-order valence-electron chi connectivity index (χ4n) is 4.10. The topological polar surface area (TPSA) is 123 Å². The number of carbonyl (C=O) groups is 2. The zero-order valence-electron chi connectivity index (χ0n) is 21.2. The molecule has 1 aliphatic rings. The van der Waals surface area contributed by atoms with E-state index < -0.39 is 0 Å². The number of hydrogen-bond donors (Lipinski definition) is 2. The highest BCUT2D eigenvalue weighted by molar-refractivity contribution is 6.32. The number of carbonyl (C=O) groups excluding carboxylic acids is 2. The first-order valence-corrected chi connectivity index (χ1v) is 11.7. The van der Waals surface area contributed by atoms with Crippen LogP contribution in [0.2, 0.25) is 5.02 Å². The van der Waals surface area contributed by atoms with Gasteiger partial charge in [-0.25, -0.2) is 4.98 Å². The van der Waals surface area contributed by atoms with Crippen LogP contribution >= 0.6 is 11.6 Å². The molecule has 2 heterocycles. The largest absolute Gasteiger partial charge is 0.398 e. The Labute approximate surface area is 211 Å². The third kappa shape index (κ3) is 5.19. The number of nitrogens with two attached hydrogens (primary N) is 2. The predicted molar refractivity (Wildman–Crippen MR) is 140 cm³/mol. The second-order valence-corrected chi connectivity index (χ2v) is 10.3. The number of halogens is 1. The minimum atomic E-state index is -0.185. The Morgan fingerprint density at radius 3 is 2.54 bits per heavy atom. The SMILES string of the molecule is C=CC(=O)N(C)C1CN(C(=O)c2c(C)nc(CN=C(N)c3cc(C(C)(C)C)c(Cl)cc3N)n2C)C1. The van der Waals surface area contributed by atoms with Crippen LogP contribution in [0.25, 0.3) is 0 Å². The number of hydrogen-bond acceptors (Lipinski definition) is 5. The van der Waals surface area contributed by atoms with Crippen molar-refractivity contribution in [2.75, 3.05) is 25.9 Å². The van der Waals surface area contributed by atoms with E-state index in [4.69, 9.17) is 23.1 Å². The molecule has 35 heavy (non-hydrogen) atoms. The van der Waals surface area contributed by atoms with Gasteiger partial charge < -0.3 is 25.8 Å². The van der Waals surface area contributed by atoms with Gasteiger partial charge in [-0.15, -0.1) is 0 Å². The lowest BCUT2D eigenvalue weighted by atomic mass is 9.85. The summed E-state index contributed by atoms with van der Waals surface area (Å²) < 4.78 is 1.74. The Morgan fingerprint density at radius 2 is 1.97 bits per heavy atom. The van der Waals surface area contributed by atoms with Crippen molar-refractivity contribution < 1.29 is 9.59 Å². The molecule has 0 aliphatic carbocycles. The Hall–Kier alpha value is -3.33. The molecule has 4 N–H and O–H groups in total. The Balaban J connectivity index is 1.78. The highest BCUT2D eigenvalue weighted by Crippen LogP contribution is 2.33. The van der Waals surface area contributed by atoms with Crippen molar-refractivity contribution in [3.05, 3.63) is 58.1 Å². The summed E-state index contributed by atoms with van der Waals surface area (Å²) >= 11 is 6.39. The maximum absolute atomic E-state index is 13.1. The first-order valence-electron chi connectivity index (χ1n) is 11.4. The summed E-state index contributed by atoms with van der Waals surface area (Å²) in [5, 5.41) is 0.586. The van der Waals surface area contributed by atoms with E-state index in [9.17, 15) is 9.59 Å². The molecule has 188 valence electrons. The van der Waals surface area contributed by atoms with Crippen molar-refractivity contribution in [2.45, 2.75) is 45.7 Å². The molecule has 3 rings (SSSR count). The van der Waals surface area contributed by atoms with Crippen LogP contribution < -0.4 is 11.5 Å². The normalized spacial score (nSPS) is 14.6. The molecular weight excluding hydrogens is 466 g/mol. The van der Waals surface area contributed by atoms with Gasteiger partial charge in [-0.1, -0.05) is 39.0 Å². The van der Waals surface area contributed by atoms with Crippen molar-refractivity contribution in [3.63, 3.8) is 0 Å². The van der Waals surface area contributed by atoms with E-state index in [1.54, 1.807) is 41.5 Å². The van der Waals surface area contributed by atoms with Gasteiger partial charge in [-0.2, -0.15) is 0 Å². The number of amidine groups is 1. The number of nitrogens with zero attached hydrogens (tertiary/aromatic N) is 5. The molecule has 0 saturated carbocycles. The van der Waals surface area contributed by atoms with Crippen LogP contribution in [-0.2, 0) is 23.8 Å². The van der Waals surface area contributed by atoms with Crippen molar-refractivity contribution in [2.24, 2.45) is 17.8 Å². The maximum atomic E-state index is 13.1. The number of anilines is 1. The molecule has 10 heteroatoms. The third-order valence-corrected chi connectivity index (χ3v) is 6.71. The van der Waals surface area contributed by atoms with Crippen molar-refractivity contribution in [1.82, 2.24) is 19.4 Å². The molecule has 1 fully saturated rings. The number of imidazole rings is 1. The maximum Gasteiger partial charge on any atom is 0.272 e. The molecule has 9 nitrogen and oxygen atoms in total. The standard InChI is InChI=1S/C25H34ClN7O2/c1-8-21(34)31(6)15-12-33(13-15)24(35)22-14(2)30-20(32(22)7)11-29-23(28)16-9-17(25(3,4)5)18(26)10-19(16)27/h8-10,15H,1,11-13,27H2,2-7H3,(H2,28,29). The van der Waals surface area contributed by atoms with Crippen LogP contribution in [0.4, 0.5) is 5.69 Å². The van der Waals surface area contributed by atoms with Gasteiger partial charge in [0.25, 0.3) is 5.91 Å². The van der Waals surface area contributed by atoms with Crippen molar-refractivity contribution >= 4 is 34.9 Å². The monoisotopic (exact) mass is 499 g/mol. The van der Waals surface area contributed by atoms with Gasteiger partial charge in [-0.05, 0) is 36.1 Å². The van der Waals surface area contributed by atoms with E-state index in [-0.39, 0.29) is 35.7 Å². The molecule has 2 amide bonds. The molecule has 1 saturated heterocycles. The minimum absolute atomic E-state index is 0.0234. The van der Waals surface area contributed by atoms with Crippen LogP contribution in [0, 0.1) is 6.92 Å². The lowest BCUT2D eigenvalue weighted by Crippen LogP contribution is -2.61. The third-order valence-electron chi connectivity index (χ3n) is 6.40. The summed E-state index contributed by atoms with van der Waals surface area (Å²) in [6.07, 6.45) is 1.27. The number of likely N-dealkylation sites (N-methyl/N-ethyl adjacent to an activating group) is 1. The first-order chi connectivity index (χ1) is 16.3. The summed E-state index contributed by atoms with van der Waals surface area (Å²) in [6, 6.07) is 3.55. The minimum Gasteiger partial charge on any atom is -0.398 e. The fourth-order valence-corrected chi connectivity index (χ4v) is 4.55. The summed E-state index contributed by atoms with van der Waals surface area (Å²) in [4.78, 5) is 37.3. The molecule has 0 unspecified atom stereocenters. The van der Waals surface area contributed by atoms with E-state index in [0.717, 1.165) is 5.56 Å². The lowest BCUT2D eigenvalue weighted by molar-refractivity contribution is -0.129. The number of likely N-dealkylation sites (tertiary alicyclic amines) is 1. The van der Waals surface area contributed by atoms with Gasteiger partial charge in [0.15, 0.2) is 0 Å². The molecule has 0 radical (unpaired) electrons. The summed E-state index contributed by atoms with van der Waals surface area (Å²) in [6.45, 7) is 12.6. The number of nitrogen functional groups attached to an aromatic ring is 1. The Kier molecular flexibility index (Phi) is 7.31. The van der Waals surface area contributed by atoms with E-state index >= 15 is 0 Å². The van der Waals surface area contributed by atoms with Gasteiger partial charge in [0.05, 0.1) is 18.3 Å². The van der Waals surface area contributed by atoms with Gasteiger partial charge in [-0.3, -0.25) is 14.6 Å². The van der Waals surface area contributed by atoms with Crippen molar-refractivity contribution in [1.29, 1.82) is 0 Å². The Bertz CT molecular complexity index is 1200. The summed E-state index contributed by atoms with van der Waals surface area (Å²) in [5.74, 6) is 0.591. The van der Waals surface area contributed by atoms with Gasteiger partial charge in [0.1, 0.15) is 17.4 Å².